The maximum Gasteiger partial charge on any atom is 0.0991 e. The normalized spacial score (nSPS) is 15.2. The minimum Gasteiger partial charge on any atom is -0.192 e. The molecule has 0 N–H and O–H groups in total. The van der Waals surface area contributed by atoms with Crippen LogP contribution in [0.5, 0.6) is 0 Å². The first-order chi connectivity index (χ1) is 16.2. The maximum atomic E-state index is 9.12. The van der Waals surface area contributed by atoms with E-state index in [1.165, 1.54) is 54.4 Å². The molecule has 3 aromatic rings. The van der Waals surface area contributed by atoms with Crippen LogP contribution in [0.4, 0.5) is 0 Å². The number of hydrogen-bond donors (Lipinski definition) is 0. The fourth-order valence-electron chi connectivity index (χ4n) is 5.62. The number of hydrogen-bond acceptors (Lipinski definition) is 1. The summed E-state index contributed by atoms with van der Waals surface area (Å²) in [4.78, 5) is 0. The lowest BCUT2D eigenvalue weighted by Crippen LogP contribution is -2.24. The molecular formula is C33H39N. The highest BCUT2D eigenvalue weighted by Gasteiger charge is 2.27. The Bertz CT molecular complexity index is 1160. The van der Waals surface area contributed by atoms with E-state index in [0.717, 1.165) is 17.9 Å². The van der Waals surface area contributed by atoms with Crippen LogP contribution in [0.15, 0.2) is 66.7 Å². The van der Waals surface area contributed by atoms with Crippen molar-refractivity contribution in [1.29, 1.82) is 5.26 Å². The first kappa shape index (κ1) is 24.3. The maximum absolute atomic E-state index is 9.12. The number of nitrogens with zero attached hydrogens (tertiary/aromatic N) is 1. The Morgan fingerprint density at radius 1 is 0.794 bits per heavy atom. The molecule has 1 fully saturated rings. The van der Waals surface area contributed by atoms with Crippen LogP contribution in [0.25, 0.3) is 11.1 Å². The van der Waals surface area contributed by atoms with E-state index in [-0.39, 0.29) is 10.8 Å². The Labute approximate surface area is 206 Å². The zero-order valence-electron chi connectivity index (χ0n) is 21.6. The second-order valence-electron chi connectivity index (χ2n) is 11.8. The average Bonchev–Trinajstić information content (AvgIpc) is 2.84. The Hall–Kier alpha value is -2.85. The van der Waals surface area contributed by atoms with Crippen LogP contribution in [-0.4, -0.2) is 0 Å². The van der Waals surface area contributed by atoms with Crippen LogP contribution in [0, 0.1) is 11.3 Å². The van der Waals surface area contributed by atoms with E-state index in [0.29, 0.717) is 5.56 Å². The van der Waals surface area contributed by atoms with Gasteiger partial charge in [0.05, 0.1) is 11.6 Å². The van der Waals surface area contributed by atoms with Crippen molar-refractivity contribution in [3.05, 3.63) is 94.5 Å². The molecule has 0 bridgehead atoms. The number of rotatable bonds is 5. The summed E-state index contributed by atoms with van der Waals surface area (Å²) in [6.45, 7) is 11.8. The Morgan fingerprint density at radius 3 is 2.15 bits per heavy atom. The smallest absolute Gasteiger partial charge is 0.0991 e. The molecule has 0 radical (unpaired) electrons. The van der Waals surface area contributed by atoms with Crippen molar-refractivity contribution in [1.82, 2.24) is 0 Å². The minimum absolute atomic E-state index is 0.00773. The Balaban J connectivity index is 1.67. The molecule has 0 aromatic heterocycles. The summed E-state index contributed by atoms with van der Waals surface area (Å²) in [5.74, 6) is 0.726. The molecule has 0 spiro atoms. The van der Waals surface area contributed by atoms with Crippen LogP contribution < -0.4 is 0 Å². The van der Waals surface area contributed by atoms with Gasteiger partial charge in [0.15, 0.2) is 0 Å². The second kappa shape index (κ2) is 9.79. The van der Waals surface area contributed by atoms with Crippen molar-refractivity contribution in [2.24, 2.45) is 0 Å². The minimum atomic E-state index is 0.00773. The van der Waals surface area contributed by atoms with Gasteiger partial charge in [0.1, 0.15) is 0 Å². The molecule has 0 saturated heterocycles. The third-order valence-electron chi connectivity index (χ3n) is 7.64. The fourth-order valence-corrected chi connectivity index (χ4v) is 5.62. The molecule has 4 rings (SSSR count). The zero-order valence-corrected chi connectivity index (χ0v) is 21.6. The standard InChI is InChI=1S/C33H39N/c1-32(2,3)31-19-18-28(25-10-7-6-8-11-25)20-29(31)22-33(4,5)30-13-9-12-27(21-30)26-16-14-24(23-34)15-17-26/h9,12-21,25H,6-8,10-11,22H2,1-5H3. The first-order valence-corrected chi connectivity index (χ1v) is 12.9. The topological polar surface area (TPSA) is 23.8 Å². The van der Waals surface area contributed by atoms with Gasteiger partial charge >= 0.3 is 0 Å². The quantitative estimate of drug-likeness (QED) is 0.381. The van der Waals surface area contributed by atoms with E-state index < -0.39 is 0 Å². The van der Waals surface area contributed by atoms with Crippen LogP contribution in [0.3, 0.4) is 0 Å². The van der Waals surface area contributed by atoms with Crippen LogP contribution in [-0.2, 0) is 17.3 Å². The van der Waals surface area contributed by atoms with Crippen LogP contribution in [0.1, 0.15) is 100 Å². The van der Waals surface area contributed by atoms with Gasteiger partial charge in [0.25, 0.3) is 0 Å². The molecule has 1 heteroatoms. The summed E-state index contributed by atoms with van der Waals surface area (Å²) in [6, 6.07) is 26.5. The third kappa shape index (κ3) is 5.44. The summed E-state index contributed by atoms with van der Waals surface area (Å²) >= 11 is 0. The van der Waals surface area contributed by atoms with Gasteiger partial charge in [-0.05, 0) is 81.5 Å². The molecule has 1 saturated carbocycles. The van der Waals surface area contributed by atoms with Gasteiger partial charge in [-0.1, -0.05) is 108 Å². The lowest BCUT2D eigenvalue weighted by atomic mass is 9.73. The van der Waals surface area contributed by atoms with Crippen LogP contribution in [0.2, 0.25) is 0 Å². The number of benzene rings is 3. The lowest BCUT2D eigenvalue weighted by molar-refractivity contribution is 0.442. The summed E-state index contributed by atoms with van der Waals surface area (Å²) in [7, 11) is 0. The highest BCUT2D eigenvalue weighted by molar-refractivity contribution is 5.65. The molecule has 0 unspecified atom stereocenters. The second-order valence-corrected chi connectivity index (χ2v) is 11.8. The van der Waals surface area contributed by atoms with Gasteiger partial charge in [-0.25, -0.2) is 0 Å². The first-order valence-electron chi connectivity index (χ1n) is 12.9. The van der Waals surface area contributed by atoms with Crippen molar-refractivity contribution in [3.63, 3.8) is 0 Å². The van der Waals surface area contributed by atoms with Crippen molar-refractivity contribution in [3.8, 4) is 17.2 Å². The number of nitriles is 1. The molecule has 0 amide bonds. The predicted molar refractivity (Wildman–Crippen MR) is 144 cm³/mol. The SMILES string of the molecule is CC(C)(C)c1ccc(C2CCCCC2)cc1CC(C)(C)c1cccc(-c2ccc(C#N)cc2)c1. The van der Waals surface area contributed by atoms with Gasteiger partial charge in [0, 0.05) is 0 Å². The van der Waals surface area contributed by atoms with E-state index >= 15 is 0 Å². The van der Waals surface area contributed by atoms with Crippen molar-refractivity contribution in [2.45, 2.75) is 89.9 Å². The average molecular weight is 450 g/mol. The fraction of sp³-hybridized carbons (Fsp3) is 0.424. The van der Waals surface area contributed by atoms with E-state index in [4.69, 9.17) is 5.26 Å². The molecule has 1 aliphatic rings. The molecule has 0 heterocycles. The molecule has 3 aromatic carbocycles. The van der Waals surface area contributed by atoms with Gasteiger partial charge in [-0.2, -0.15) is 5.26 Å². The van der Waals surface area contributed by atoms with E-state index in [2.05, 4.69) is 95.3 Å². The van der Waals surface area contributed by atoms with Crippen molar-refractivity contribution < 1.29 is 0 Å². The highest BCUT2D eigenvalue weighted by atomic mass is 14.3. The van der Waals surface area contributed by atoms with Crippen molar-refractivity contribution >= 4 is 0 Å². The van der Waals surface area contributed by atoms with Crippen molar-refractivity contribution in [2.75, 3.05) is 0 Å². The molecule has 176 valence electrons. The lowest BCUT2D eigenvalue weighted by Gasteiger charge is -2.32. The monoisotopic (exact) mass is 449 g/mol. The molecular weight excluding hydrogens is 410 g/mol. The molecule has 1 nitrogen and oxygen atoms in total. The van der Waals surface area contributed by atoms with Gasteiger partial charge < -0.3 is 0 Å². The Kier molecular flexibility index (Phi) is 6.99. The zero-order chi connectivity index (χ0) is 24.3. The van der Waals surface area contributed by atoms with E-state index in [9.17, 15) is 0 Å². The highest BCUT2D eigenvalue weighted by Crippen LogP contribution is 2.38. The summed E-state index contributed by atoms with van der Waals surface area (Å²) < 4.78 is 0. The van der Waals surface area contributed by atoms with Gasteiger partial charge in [0.2, 0.25) is 0 Å². The molecule has 34 heavy (non-hydrogen) atoms. The molecule has 0 aliphatic heterocycles. The van der Waals surface area contributed by atoms with Crippen LogP contribution >= 0.6 is 0 Å². The summed E-state index contributed by atoms with van der Waals surface area (Å²) in [5.41, 5.74) is 9.09. The van der Waals surface area contributed by atoms with E-state index in [1.807, 2.05) is 12.1 Å². The van der Waals surface area contributed by atoms with Gasteiger partial charge in [-0.3, -0.25) is 0 Å². The van der Waals surface area contributed by atoms with E-state index in [1.54, 1.807) is 5.56 Å². The predicted octanol–water partition coefficient (Wildman–Crippen LogP) is 9.09. The molecule has 0 atom stereocenters. The van der Waals surface area contributed by atoms with Gasteiger partial charge in [-0.15, -0.1) is 0 Å². The molecule has 1 aliphatic carbocycles. The third-order valence-corrected chi connectivity index (χ3v) is 7.64. The largest absolute Gasteiger partial charge is 0.192 e. The summed E-state index contributed by atoms with van der Waals surface area (Å²) in [5, 5.41) is 9.12. The Morgan fingerprint density at radius 2 is 1.50 bits per heavy atom. The summed E-state index contributed by atoms with van der Waals surface area (Å²) in [6.07, 6.45) is 7.83.